The van der Waals surface area contributed by atoms with Gasteiger partial charge in [0.15, 0.2) is 11.6 Å². The third-order valence-electron chi connectivity index (χ3n) is 2.65. The number of hydrogen-bond acceptors (Lipinski definition) is 4. The van der Waals surface area contributed by atoms with Crippen LogP contribution in [0, 0.1) is 6.92 Å². The van der Waals surface area contributed by atoms with Crippen molar-refractivity contribution in [3.63, 3.8) is 0 Å². The van der Waals surface area contributed by atoms with Crippen molar-refractivity contribution in [3.8, 4) is 11.5 Å². The minimum atomic E-state index is -0.458. The van der Waals surface area contributed by atoms with Crippen molar-refractivity contribution >= 4 is 11.6 Å². The van der Waals surface area contributed by atoms with Crippen molar-refractivity contribution in [2.75, 3.05) is 0 Å². The predicted molar refractivity (Wildman–Crippen MR) is 56.9 cm³/mol. The van der Waals surface area contributed by atoms with Crippen molar-refractivity contribution in [1.29, 1.82) is 0 Å². The molecule has 4 heteroatoms. The van der Waals surface area contributed by atoms with Gasteiger partial charge in [0.05, 0.1) is 11.1 Å². The Kier molecular flexibility index (Phi) is 2.08. The average molecular weight is 218 g/mol. The topological polar surface area (TPSA) is 74.6 Å². The summed E-state index contributed by atoms with van der Waals surface area (Å²) in [5.74, 6) is -1.39. The van der Waals surface area contributed by atoms with Crippen molar-refractivity contribution in [2.45, 2.75) is 13.8 Å². The largest absolute Gasteiger partial charge is 0.507 e. The number of phenols is 2. The van der Waals surface area contributed by atoms with E-state index >= 15 is 0 Å². The molecule has 0 unspecified atom stereocenters. The molecule has 82 valence electrons. The van der Waals surface area contributed by atoms with Crippen LogP contribution >= 0.6 is 0 Å². The van der Waals surface area contributed by atoms with Gasteiger partial charge in [0.25, 0.3) is 0 Å². The Bertz CT molecular complexity index is 553. The van der Waals surface area contributed by atoms with Gasteiger partial charge in [-0.2, -0.15) is 0 Å². The highest BCUT2D eigenvalue weighted by molar-refractivity contribution is 6.26. The summed E-state index contributed by atoms with van der Waals surface area (Å²) in [6, 6.07) is 1.27. The monoisotopic (exact) mass is 218 g/mol. The van der Waals surface area contributed by atoms with Gasteiger partial charge < -0.3 is 10.2 Å². The molecule has 0 saturated carbocycles. The van der Waals surface area contributed by atoms with Gasteiger partial charge in [-0.15, -0.1) is 0 Å². The molecular weight excluding hydrogens is 208 g/mol. The number of ketones is 2. The second-order valence-electron chi connectivity index (χ2n) is 3.83. The number of aryl methyl sites for hydroxylation is 1. The Balaban J connectivity index is 2.87. The lowest BCUT2D eigenvalue weighted by Crippen LogP contribution is -2.16. The van der Waals surface area contributed by atoms with Gasteiger partial charge in [0.2, 0.25) is 0 Å². The number of Topliss-reactive ketones (excluding diaryl/α,β-unsaturated/α-hetero) is 1. The van der Waals surface area contributed by atoms with Crippen LogP contribution in [0.5, 0.6) is 11.5 Å². The van der Waals surface area contributed by atoms with E-state index in [9.17, 15) is 19.8 Å². The minimum absolute atomic E-state index is 0.0949. The van der Waals surface area contributed by atoms with Gasteiger partial charge in [0, 0.05) is 5.57 Å². The average Bonchev–Trinajstić information content (AvgIpc) is 2.20. The molecule has 1 aromatic carbocycles. The molecule has 16 heavy (non-hydrogen) atoms. The molecule has 2 rings (SSSR count). The molecule has 0 atom stereocenters. The summed E-state index contributed by atoms with van der Waals surface area (Å²) in [5.41, 5.74) is 0.422. The molecule has 0 amide bonds. The van der Waals surface area contributed by atoms with Gasteiger partial charge in [-0.25, -0.2) is 0 Å². The first kappa shape index (κ1) is 10.4. The second-order valence-corrected chi connectivity index (χ2v) is 3.83. The molecule has 0 bridgehead atoms. The summed E-state index contributed by atoms with van der Waals surface area (Å²) in [6.45, 7) is 3.06. The van der Waals surface area contributed by atoms with Crippen LogP contribution in [0.4, 0.5) is 0 Å². The first-order chi connectivity index (χ1) is 7.43. The first-order valence-corrected chi connectivity index (χ1v) is 4.76. The summed E-state index contributed by atoms with van der Waals surface area (Å²) in [5, 5.41) is 19.4. The summed E-state index contributed by atoms with van der Waals surface area (Å²) < 4.78 is 0. The van der Waals surface area contributed by atoms with Gasteiger partial charge >= 0.3 is 0 Å². The highest BCUT2D eigenvalue weighted by atomic mass is 16.3. The zero-order valence-corrected chi connectivity index (χ0v) is 8.87. The minimum Gasteiger partial charge on any atom is -0.507 e. The molecule has 1 aromatic rings. The molecule has 0 heterocycles. The zero-order valence-electron chi connectivity index (χ0n) is 8.87. The standard InChI is InChI=1S/C12H10O4/c1-5-3-7(13)9-8(14)4-6(2)12(16)10(9)11(5)15/h3-4,13,15H,1-2H3. The molecule has 0 aliphatic heterocycles. The number of rotatable bonds is 0. The number of carbonyl (C=O) groups is 2. The number of fused-ring (bicyclic) bond motifs is 1. The van der Waals surface area contributed by atoms with E-state index in [1.54, 1.807) is 6.92 Å². The predicted octanol–water partition coefficient (Wildman–Crippen LogP) is 1.73. The van der Waals surface area contributed by atoms with E-state index in [4.69, 9.17) is 0 Å². The summed E-state index contributed by atoms with van der Waals surface area (Å²) in [6.07, 6.45) is 1.17. The van der Waals surface area contributed by atoms with E-state index in [1.165, 1.54) is 19.1 Å². The van der Waals surface area contributed by atoms with Crippen molar-refractivity contribution in [1.82, 2.24) is 0 Å². The van der Waals surface area contributed by atoms with Gasteiger partial charge in [-0.1, -0.05) is 0 Å². The second kappa shape index (κ2) is 3.20. The number of carbonyl (C=O) groups excluding carboxylic acids is 2. The van der Waals surface area contributed by atoms with Crippen LogP contribution in [0.2, 0.25) is 0 Å². The Morgan fingerprint density at radius 3 is 2.31 bits per heavy atom. The lowest BCUT2D eigenvalue weighted by Gasteiger charge is -2.16. The molecule has 0 aromatic heterocycles. The zero-order chi connectivity index (χ0) is 12.0. The highest BCUT2D eigenvalue weighted by Gasteiger charge is 2.30. The van der Waals surface area contributed by atoms with Crippen LogP contribution in [0.15, 0.2) is 17.7 Å². The van der Waals surface area contributed by atoms with E-state index in [-0.39, 0.29) is 28.2 Å². The lowest BCUT2D eigenvalue weighted by atomic mass is 9.87. The Morgan fingerprint density at radius 1 is 1.06 bits per heavy atom. The van der Waals surface area contributed by atoms with Gasteiger partial charge in [-0.3, -0.25) is 9.59 Å². The maximum Gasteiger partial charge on any atom is 0.193 e. The highest BCUT2D eigenvalue weighted by Crippen LogP contribution is 2.36. The van der Waals surface area contributed by atoms with Crippen LogP contribution in [0.1, 0.15) is 33.2 Å². The lowest BCUT2D eigenvalue weighted by molar-refractivity contribution is 0.0979. The van der Waals surface area contributed by atoms with Crippen LogP contribution in [-0.4, -0.2) is 21.8 Å². The van der Waals surface area contributed by atoms with Crippen molar-refractivity contribution < 1.29 is 19.8 Å². The van der Waals surface area contributed by atoms with E-state index < -0.39 is 11.6 Å². The molecule has 1 aliphatic rings. The summed E-state index contributed by atoms with van der Waals surface area (Å²) >= 11 is 0. The molecule has 2 N–H and O–H groups in total. The van der Waals surface area contributed by atoms with Crippen LogP contribution < -0.4 is 0 Å². The molecule has 4 nitrogen and oxygen atoms in total. The molecule has 0 fully saturated rings. The first-order valence-electron chi connectivity index (χ1n) is 4.76. The van der Waals surface area contributed by atoms with Crippen molar-refractivity contribution in [2.24, 2.45) is 0 Å². The van der Waals surface area contributed by atoms with Gasteiger partial charge in [-0.05, 0) is 31.6 Å². The SMILES string of the molecule is CC1=CC(=O)c2c(O)cc(C)c(O)c2C1=O. The molecule has 0 saturated heterocycles. The smallest absolute Gasteiger partial charge is 0.193 e. The number of hydrogen-bond donors (Lipinski definition) is 2. The Hall–Kier alpha value is -2.10. The third kappa shape index (κ3) is 1.23. The van der Waals surface area contributed by atoms with Crippen LogP contribution in [0.3, 0.4) is 0 Å². The maximum absolute atomic E-state index is 11.8. The molecule has 1 aliphatic carbocycles. The van der Waals surface area contributed by atoms with Gasteiger partial charge in [0.1, 0.15) is 11.5 Å². The summed E-state index contributed by atoms with van der Waals surface area (Å²) in [7, 11) is 0. The quantitative estimate of drug-likeness (QED) is 0.650. The van der Waals surface area contributed by atoms with E-state index in [0.717, 1.165) is 0 Å². The van der Waals surface area contributed by atoms with E-state index in [1.807, 2.05) is 0 Å². The summed E-state index contributed by atoms with van der Waals surface area (Å²) in [4.78, 5) is 23.4. The Morgan fingerprint density at radius 2 is 1.69 bits per heavy atom. The fourth-order valence-corrected chi connectivity index (χ4v) is 1.79. The van der Waals surface area contributed by atoms with E-state index in [2.05, 4.69) is 0 Å². The number of benzene rings is 1. The number of aromatic hydroxyl groups is 2. The molecule has 0 radical (unpaired) electrons. The maximum atomic E-state index is 11.8. The van der Waals surface area contributed by atoms with E-state index in [0.29, 0.717) is 5.56 Å². The third-order valence-corrected chi connectivity index (χ3v) is 2.65. The molecule has 0 spiro atoms. The van der Waals surface area contributed by atoms with Crippen LogP contribution in [-0.2, 0) is 0 Å². The van der Waals surface area contributed by atoms with Crippen molar-refractivity contribution in [3.05, 3.63) is 34.4 Å². The Labute approximate surface area is 91.8 Å². The number of allylic oxidation sites excluding steroid dienone is 2. The fourth-order valence-electron chi connectivity index (χ4n) is 1.79. The normalized spacial score (nSPS) is 14.8. The molecular formula is C12H10O4. The fraction of sp³-hybridized carbons (Fsp3) is 0.167. The number of phenolic OH excluding ortho intramolecular Hbond substituents is 2. The van der Waals surface area contributed by atoms with Crippen LogP contribution in [0.25, 0.3) is 0 Å².